The Hall–Kier alpha value is -2.74. The summed E-state index contributed by atoms with van der Waals surface area (Å²) >= 11 is 0. The number of methoxy groups -OCH3 is 2. The van der Waals surface area contributed by atoms with E-state index in [1.165, 1.54) is 14.2 Å². The molecule has 0 bridgehead atoms. The molecule has 1 aliphatic heterocycles. The van der Waals surface area contributed by atoms with E-state index in [9.17, 15) is 19.2 Å². The van der Waals surface area contributed by atoms with Gasteiger partial charge in [-0.05, 0) is 44.5 Å². The largest absolute Gasteiger partial charge is 0.497 e. The molecular weight excluding hydrogens is 366 g/mol. The van der Waals surface area contributed by atoms with Crippen LogP contribution in [0.3, 0.4) is 0 Å². The maximum absolute atomic E-state index is 12.8. The minimum Gasteiger partial charge on any atom is -0.497 e. The van der Waals surface area contributed by atoms with Crippen LogP contribution in [0, 0.1) is 0 Å². The lowest BCUT2D eigenvalue weighted by Crippen LogP contribution is -2.57. The average Bonchev–Trinajstić information content (AvgIpc) is 3.21. The van der Waals surface area contributed by atoms with Crippen molar-refractivity contribution in [1.82, 2.24) is 5.32 Å². The Bertz CT molecular complexity index is 766. The van der Waals surface area contributed by atoms with Crippen LogP contribution < -0.4 is 14.8 Å². The molecule has 1 heterocycles. The fourth-order valence-electron chi connectivity index (χ4n) is 3.28. The van der Waals surface area contributed by atoms with Gasteiger partial charge in [0.25, 0.3) is 5.78 Å². The molecule has 0 spiro atoms. The summed E-state index contributed by atoms with van der Waals surface area (Å²) in [5.41, 5.74) is -1.31. The van der Waals surface area contributed by atoms with E-state index in [0.29, 0.717) is 30.0 Å². The van der Waals surface area contributed by atoms with Crippen molar-refractivity contribution < 1.29 is 33.4 Å². The van der Waals surface area contributed by atoms with Crippen LogP contribution in [0.4, 0.5) is 0 Å². The first-order chi connectivity index (χ1) is 13.4. The van der Waals surface area contributed by atoms with Crippen molar-refractivity contribution >= 4 is 23.3 Å². The molecule has 0 radical (unpaired) electrons. The molecular formula is C20H25NO7. The summed E-state index contributed by atoms with van der Waals surface area (Å²) in [6.07, 6.45) is 0.480. The first kappa shape index (κ1) is 21.6. The van der Waals surface area contributed by atoms with E-state index in [0.717, 1.165) is 0 Å². The summed E-state index contributed by atoms with van der Waals surface area (Å²) in [5, 5.41) is 2.86. The Morgan fingerprint density at radius 2 is 1.86 bits per heavy atom. The predicted octanol–water partition coefficient (Wildman–Crippen LogP) is 1.49. The lowest BCUT2D eigenvalue weighted by Gasteiger charge is -2.25. The standard InChI is InChI=1S/C20H25NO7/c1-4-28-19(25)18(24)20(10-5-11-21-20)17(23)9-7-15(22)14-12-13(26-2)6-8-16(14)27-3/h6,8,12,21H,4-5,7,9-11H2,1-3H3. The van der Waals surface area contributed by atoms with Crippen molar-refractivity contribution in [2.45, 2.75) is 38.1 Å². The highest BCUT2D eigenvalue weighted by Crippen LogP contribution is 2.28. The number of ether oxygens (including phenoxy) is 3. The SMILES string of the molecule is CCOC(=O)C(=O)C1(C(=O)CCC(=O)c2cc(OC)ccc2OC)CCCN1. The smallest absolute Gasteiger partial charge is 0.377 e. The highest BCUT2D eigenvalue weighted by molar-refractivity contribution is 6.42. The van der Waals surface area contributed by atoms with Crippen molar-refractivity contribution in [1.29, 1.82) is 0 Å². The molecule has 28 heavy (non-hydrogen) atoms. The Morgan fingerprint density at radius 3 is 2.43 bits per heavy atom. The highest BCUT2D eigenvalue weighted by Gasteiger charge is 2.50. The maximum Gasteiger partial charge on any atom is 0.377 e. The van der Waals surface area contributed by atoms with Gasteiger partial charge in [-0.15, -0.1) is 0 Å². The van der Waals surface area contributed by atoms with Crippen molar-refractivity contribution in [2.75, 3.05) is 27.4 Å². The molecule has 1 atom stereocenters. The zero-order chi connectivity index (χ0) is 20.7. The highest BCUT2D eigenvalue weighted by atomic mass is 16.5. The molecule has 1 N–H and O–H groups in total. The second-order valence-corrected chi connectivity index (χ2v) is 6.40. The number of ketones is 3. The quantitative estimate of drug-likeness (QED) is 0.277. The summed E-state index contributed by atoms with van der Waals surface area (Å²) in [4.78, 5) is 49.9. The second-order valence-electron chi connectivity index (χ2n) is 6.40. The van der Waals surface area contributed by atoms with Gasteiger partial charge in [0, 0.05) is 12.8 Å². The van der Waals surface area contributed by atoms with E-state index in [1.54, 1.807) is 25.1 Å². The van der Waals surface area contributed by atoms with Gasteiger partial charge in [-0.1, -0.05) is 0 Å². The number of Topliss-reactive ketones (excluding diaryl/α,β-unsaturated/α-hetero) is 3. The number of rotatable bonds is 10. The summed E-state index contributed by atoms with van der Waals surface area (Å²) < 4.78 is 15.1. The van der Waals surface area contributed by atoms with E-state index in [4.69, 9.17) is 14.2 Å². The van der Waals surface area contributed by atoms with Gasteiger partial charge in [0.2, 0.25) is 0 Å². The van der Waals surface area contributed by atoms with Gasteiger partial charge in [-0.25, -0.2) is 4.79 Å². The number of hydrogen-bond donors (Lipinski definition) is 1. The van der Waals surface area contributed by atoms with Crippen LogP contribution in [0.15, 0.2) is 18.2 Å². The summed E-state index contributed by atoms with van der Waals surface area (Å²) in [7, 11) is 2.93. The average molecular weight is 391 g/mol. The van der Waals surface area contributed by atoms with E-state index < -0.39 is 23.1 Å². The molecule has 2 rings (SSSR count). The van der Waals surface area contributed by atoms with Crippen molar-refractivity contribution in [3.63, 3.8) is 0 Å². The monoisotopic (exact) mass is 391 g/mol. The summed E-state index contributed by atoms with van der Waals surface area (Å²) in [5.74, 6) is -1.88. The van der Waals surface area contributed by atoms with Gasteiger partial charge >= 0.3 is 5.97 Å². The summed E-state index contributed by atoms with van der Waals surface area (Å²) in [6.45, 7) is 2.07. The number of benzene rings is 1. The first-order valence-electron chi connectivity index (χ1n) is 9.14. The molecule has 0 saturated carbocycles. The van der Waals surface area contributed by atoms with E-state index in [-0.39, 0.29) is 31.7 Å². The molecule has 1 saturated heterocycles. The predicted molar refractivity (Wildman–Crippen MR) is 99.7 cm³/mol. The van der Waals surface area contributed by atoms with Crippen LogP contribution in [0.1, 0.15) is 43.0 Å². The van der Waals surface area contributed by atoms with Crippen molar-refractivity contribution in [2.24, 2.45) is 0 Å². The van der Waals surface area contributed by atoms with E-state index >= 15 is 0 Å². The fraction of sp³-hybridized carbons (Fsp3) is 0.500. The number of hydrogen-bond acceptors (Lipinski definition) is 8. The number of nitrogens with one attached hydrogen (secondary N) is 1. The number of carbonyl (C=O) groups excluding carboxylic acids is 4. The van der Waals surface area contributed by atoms with Crippen LogP contribution in [0.5, 0.6) is 11.5 Å². The van der Waals surface area contributed by atoms with Crippen molar-refractivity contribution in [3.8, 4) is 11.5 Å². The van der Waals surface area contributed by atoms with Gasteiger partial charge in [-0.3, -0.25) is 19.7 Å². The van der Waals surface area contributed by atoms with Crippen LogP contribution in [-0.4, -0.2) is 56.2 Å². The van der Waals surface area contributed by atoms with Gasteiger partial charge < -0.3 is 14.2 Å². The molecule has 8 nitrogen and oxygen atoms in total. The van der Waals surface area contributed by atoms with E-state index in [1.807, 2.05) is 0 Å². The Kier molecular flexibility index (Phi) is 7.28. The second kappa shape index (κ2) is 9.45. The molecule has 0 amide bonds. The normalized spacial score (nSPS) is 18.4. The van der Waals surface area contributed by atoms with Crippen LogP contribution in [0.25, 0.3) is 0 Å². The molecule has 1 unspecified atom stereocenters. The third-order valence-corrected chi connectivity index (χ3v) is 4.77. The van der Waals surface area contributed by atoms with Crippen LogP contribution >= 0.6 is 0 Å². The minimum atomic E-state index is -1.61. The van der Waals surface area contributed by atoms with Crippen LogP contribution in [-0.2, 0) is 19.1 Å². The van der Waals surface area contributed by atoms with E-state index in [2.05, 4.69) is 5.32 Å². The van der Waals surface area contributed by atoms with Crippen molar-refractivity contribution in [3.05, 3.63) is 23.8 Å². The third-order valence-electron chi connectivity index (χ3n) is 4.77. The Balaban J connectivity index is 2.14. The topological polar surface area (TPSA) is 108 Å². The number of esters is 1. The molecule has 1 aromatic rings. The van der Waals surface area contributed by atoms with Crippen LogP contribution in [0.2, 0.25) is 0 Å². The zero-order valence-corrected chi connectivity index (χ0v) is 16.3. The van der Waals surface area contributed by atoms with Gasteiger partial charge in [0.05, 0.1) is 26.4 Å². The van der Waals surface area contributed by atoms with Gasteiger partial charge in [0.1, 0.15) is 17.0 Å². The molecule has 8 heteroatoms. The molecule has 0 aliphatic carbocycles. The zero-order valence-electron chi connectivity index (χ0n) is 16.3. The number of carbonyl (C=O) groups is 4. The Morgan fingerprint density at radius 1 is 1.11 bits per heavy atom. The Labute approximate surface area is 163 Å². The minimum absolute atomic E-state index is 0.0446. The molecule has 1 aliphatic rings. The van der Waals surface area contributed by atoms with Gasteiger partial charge in [0.15, 0.2) is 11.6 Å². The molecule has 1 aromatic carbocycles. The molecule has 1 fully saturated rings. The third kappa shape index (κ3) is 4.39. The fourth-order valence-corrected chi connectivity index (χ4v) is 3.28. The lowest BCUT2D eigenvalue weighted by molar-refractivity contribution is -0.158. The maximum atomic E-state index is 12.8. The molecule has 152 valence electrons. The first-order valence-corrected chi connectivity index (χ1v) is 9.14. The lowest BCUT2D eigenvalue weighted by atomic mass is 9.84. The summed E-state index contributed by atoms with van der Waals surface area (Å²) in [6, 6.07) is 4.81. The van der Waals surface area contributed by atoms with Gasteiger partial charge in [-0.2, -0.15) is 0 Å². The molecule has 0 aromatic heterocycles.